The number of hydrogen-bond acceptors (Lipinski definition) is 3. The van der Waals surface area contributed by atoms with Crippen molar-refractivity contribution in [2.24, 2.45) is 0 Å². The lowest BCUT2D eigenvalue weighted by atomic mass is 10.0. The van der Waals surface area contributed by atoms with Crippen LogP contribution in [0.3, 0.4) is 0 Å². The van der Waals surface area contributed by atoms with Gasteiger partial charge in [-0.15, -0.1) is 0 Å². The van der Waals surface area contributed by atoms with Gasteiger partial charge < -0.3 is 18.9 Å². The lowest BCUT2D eigenvalue weighted by Crippen LogP contribution is -2.09. The topological polar surface area (TPSA) is 26.6 Å². The van der Waals surface area contributed by atoms with Gasteiger partial charge in [0.05, 0.1) is 5.52 Å². The molecule has 9 aromatic carbocycles. The van der Waals surface area contributed by atoms with Crippen LogP contribution in [0.25, 0.3) is 60.9 Å². The smallest absolute Gasteiger partial charge is 0.194 e. The zero-order valence-electron chi connectivity index (χ0n) is 31.5. The molecule has 1 aliphatic heterocycles. The summed E-state index contributed by atoms with van der Waals surface area (Å²) in [4.78, 5) is 2.32. The number of rotatable bonds is 7. The summed E-state index contributed by atoms with van der Waals surface area (Å²) < 4.78 is 15.2. The summed E-state index contributed by atoms with van der Waals surface area (Å²) in [5.74, 6) is 2.86. The summed E-state index contributed by atoms with van der Waals surface area (Å²) in [6.45, 7) is 0. The molecule has 4 nitrogen and oxygen atoms in total. The molecule has 0 saturated carbocycles. The standard InChI is InChI=1S/C54H36N2O2/c1-3-11-37(12-4-1)39-19-27-43(28-20-39)55(44-29-21-40(22-30-44)38-13-5-2-6-14-38)45-31-23-41(24-32-45)42-25-33-46(34-26-42)56-49-16-8-7-15-47(49)48-35-36-52-54(53(48)56)58-51-18-10-9-17-50(51)57-52/h1-36H. The Hall–Kier alpha value is -7.82. The zero-order valence-corrected chi connectivity index (χ0v) is 31.5. The molecule has 274 valence electrons. The molecule has 1 aromatic heterocycles. The molecule has 0 unspecified atom stereocenters. The maximum atomic E-state index is 6.57. The van der Waals surface area contributed by atoms with Gasteiger partial charge in [0, 0.05) is 33.5 Å². The van der Waals surface area contributed by atoms with Crippen LogP contribution in [-0.2, 0) is 0 Å². The van der Waals surface area contributed by atoms with Crippen molar-refractivity contribution in [3.05, 3.63) is 218 Å². The Balaban J connectivity index is 0.944. The lowest BCUT2D eigenvalue weighted by Gasteiger charge is -2.26. The van der Waals surface area contributed by atoms with Crippen LogP contribution >= 0.6 is 0 Å². The third-order valence-corrected chi connectivity index (χ3v) is 11.1. The Kier molecular flexibility index (Phi) is 8.11. The van der Waals surface area contributed by atoms with E-state index in [9.17, 15) is 0 Å². The second-order valence-electron chi connectivity index (χ2n) is 14.5. The van der Waals surface area contributed by atoms with Crippen molar-refractivity contribution in [1.82, 2.24) is 4.57 Å². The number of hydrogen-bond donors (Lipinski definition) is 0. The number of nitrogens with zero attached hydrogens (tertiary/aromatic N) is 2. The first kappa shape index (κ1) is 33.5. The molecule has 4 heteroatoms. The highest BCUT2D eigenvalue weighted by Gasteiger charge is 2.25. The van der Waals surface area contributed by atoms with Crippen LogP contribution in [0.2, 0.25) is 0 Å². The average Bonchev–Trinajstić information content (AvgIpc) is 3.65. The summed E-state index contributed by atoms with van der Waals surface area (Å²) in [6, 6.07) is 76.9. The molecule has 0 saturated heterocycles. The van der Waals surface area contributed by atoms with Gasteiger partial charge >= 0.3 is 0 Å². The molecule has 11 rings (SSSR count). The quantitative estimate of drug-likeness (QED) is 0.163. The normalized spacial score (nSPS) is 11.7. The highest BCUT2D eigenvalue weighted by Crippen LogP contribution is 2.51. The molecule has 0 N–H and O–H groups in total. The molecule has 0 bridgehead atoms. The largest absolute Gasteiger partial charge is 0.449 e. The van der Waals surface area contributed by atoms with Crippen LogP contribution in [-0.4, -0.2) is 4.57 Å². The van der Waals surface area contributed by atoms with E-state index in [1.165, 1.54) is 22.3 Å². The van der Waals surface area contributed by atoms with Crippen LogP contribution in [0, 0.1) is 0 Å². The van der Waals surface area contributed by atoms with E-state index in [2.05, 4.69) is 198 Å². The van der Waals surface area contributed by atoms with Crippen molar-refractivity contribution < 1.29 is 9.47 Å². The molecule has 58 heavy (non-hydrogen) atoms. The molecule has 0 spiro atoms. The van der Waals surface area contributed by atoms with Crippen molar-refractivity contribution in [3.63, 3.8) is 0 Å². The Morgan fingerprint density at radius 3 is 1.28 bits per heavy atom. The Morgan fingerprint density at radius 1 is 0.310 bits per heavy atom. The average molecular weight is 745 g/mol. The summed E-state index contributed by atoms with van der Waals surface area (Å²) >= 11 is 0. The fourth-order valence-electron chi connectivity index (χ4n) is 8.22. The fraction of sp³-hybridized carbons (Fsp3) is 0. The van der Waals surface area contributed by atoms with Gasteiger partial charge in [0.15, 0.2) is 23.0 Å². The van der Waals surface area contributed by atoms with Gasteiger partial charge in [0.1, 0.15) is 5.52 Å². The van der Waals surface area contributed by atoms with Gasteiger partial charge in [-0.2, -0.15) is 0 Å². The SMILES string of the molecule is c1ccc(-c2ccc(N(c3ccc(-c4ccccc4)cc3)c3ccc(-c4ccc(-n5c6ccccc6c6ccc7c(c65)Oc5ccccc5O7)cc4)cc3)cc2)cc1. The predicted octanol–water partition coefficient (Wildman–Crippen LogP) is 15.2. The second-order valence-corrected chi connectivity index (χ2v) is 14.5. The van der Waals surface area contributed by atoms with Gasteiger partial charge in [-0.1, -0.05) is 140 Å². The number of benzene rings is 9. The van der Waals surface area contributed by atoms with E-state index in [0.29, 0.717) is 11.5 Å². The van der Waals surface area contributed by atoms with E-state index in [-0.39, 0.29) is 0 Å². The highest BCUT2D eigenvalue weighted by atomic mass is 16.6. The number of para-hydroxylation sites is 3. The first-order valence-electron chi connectivity index (χ1n) is 19.6. The van der Waals surface area contributed by atoms with E-state index in [1.54, 1.807) is 0 Å². The van der Waals surface area contributed by atoms with Crippen LogP contribution < -0.4 is 14.4 Å². The Bertz CT molecular complexity index is 2980. The molecule has 0 radical (unpaired) electrons. The molecule has 10 aromatic rings. The number of anilines is 3. The molecule has 0 atom stereocenters. The summed E-state index contributed by atoms with van der Waals surface area (Å²) in [5, 5.41) is 2.28. The fourth-order valence-corrected chi connectivity index (χ4v) is 8.22. The minimum atomic E-state index is 0.709. The van der Waals surface area contributed by atoms with Gasteiger partial charge in [0.25, 0.3) is 0 Å². The first-order valence-corrected chi connectivity index (χ1v) is 19.6. The van der Waals surface area contributed by atoms with E-state index in [4.69, 9.17) is 9.47 Å². The maximum absolute atomic E-state index is 6.57. The van der Waals surface area contributed by atoms with Gasteiger partial charge in [-0.3, -0.25) is 0 Å². The van der Waals surface area contributed by atoms with Crippen LogP contribution in [0.4, 0.5) is 17.1 Å². The molecule has 1 aliphatic rings. The predicted molar refractivity (Wildman–Crippen MR) is 238 cm³/mol. The van der Waals surface area contributed by atoms with Gasteiger partial charge in [-0.05, 0) is 112 Å². The third-order valence-electron chi connectivity index (χ3n) is 11.1. The lowest BCUT2D eigenvalue weighted by molar-refractivity contribution is 0.362. The van der Waals surface area contributed by atoms with E-state index < -0.39 is 0 Å². The number of aromatic nitrogens is 1. The number of fused-ring (bicyclic) bond motifs is 6. The summed E-state index contributed by atoms with van der Waals surface area (Å²) in [7, 11) is 0. The van der Waals surface area contributed by atoms with E-state index >= 15 is 0 Å². The van der Waals surface area contributed by atoms with Crippen molar-refractivity contribution in [2.75, 3.05) is 4.90 Å². The molecule has 0 fully saturated rings. The van der Waals surface area contributed by atoms with Gasteiger partial charge in [0.2, 0.25) is 0 Å². The molecule has 0 amide bonds. The van der Waals surface area contributed by atoms with E-state index in [1.807, 2.05) is 30.3 Å². The molecule has 0 aliphatic carbocycles. The van der Waals surface area contributed by atoms with Crippen molar-refractivity contribution >= 4 is 38.9 Å². The van der Waals surface area contributed by atoms with Crippen molar-refractivity contribution in [1.29, 1.82) is 0 Å². The molecular formula is C54H36N2O2. The second kappa shape index (κ2) is 14.0. The maximum Gasteiger partial charge on any atom is 0.194 e. The van der Waals surface area contributed by atoms with Crippen molar-refractivity contribution in [3.8, 4) is 62.1 Å². The monoisotopic (exact) mass is 744 g/mol. The minimum Gasteiger partial charge on any atom is -0.449 e. The van der Waals surface area contributed by atoms with Gasteiger partial charge in [-0.25, -0.2) is 0 Å². The summed E-state index contributed by atoms with van der Waals surface area (Å²) in [5.41, 5.74) is 13.5. The van der Waals surface area contributed by atoms with Crippen LogP contribution in [0.15, 0.2) is 218 Å². The van der Waals surface area contributed by atoms with Crippen LogP contribution in [0.5, 0.6) is 23.0 Å². The third kappa shape index (κ3) is 5.87. The molecular weight excluding hydrogens is 709 g/mol. The minimum absolute atomic E-state index is 0.709. The number of ether oxygens (including phenoxy) is 2. The summed E-state index contributed by atoms with van der Waals surface area (Å²) in [6.07, 6.45) is 0. The Morgan fingerprint density at radius 2 is 0.741 bits per heavy atom. The van der Waals surface area contributed by atoms with E-state index in [0.717, 1.165) is 67.2 Å². The highest BCUT2D eigenvalue weighted by molar-refractivity contribution is 6.12. The zero-order chi connectivity index (χ0) is 38.4. The van der Waals surface area contributed by atoms with Crippen molar-refractivity contribution in [2.45, 2.75) is 0 Å². The van der Waals surface area contributed by atoms with Crippen LogP contribution in [0.1, 0.15) is 0 Å². The Labute approximate surface area is 337 Å². The molecule has 2 heterocycles. The first-order chi connectivity index (χ1) is 28.7.